The molecule has 0 radical (unpaired) electrons. The standard InChI is InChI=1S/C11H14N2/c1-2-9-3-4-11(5-7-12-8-11)10(9)13-6-1/h1-2,6,12H,3-5,7-8H2. The second-order valence-electron chi connectivity index (χ2n) is 4.22. The van der Waals surface area contributed by atoms with Crippen LogP contribution < -0.4 is 5.32 Å². The molecule has 2 nitrogen and oxygen atoms in total. The van der Waals surface area contributed by atoms with Crippen LogP contribution in [-0.2, 0) is 11.8 Å². The number of nitrogens with one attached hydrogen (secondary N) is 1. The Morgan fingerprint density at radius 1 is 1.38 bits per heavy atom. The first kappa shape index (κ1) is 7.51. The van der Waals surface area contributed by atoms with E-state index < -0.39 is 0 Å². The molecule has 1 fully saturated rings. The van der Waals surface area contributed by atoms with Crippen LogP contribution in [0, 0.1) is 0 Å². The van der Waals surface area contributed by atoms with Crippen LogP contribution in [0.4, 0.5) is 0 Å². The second-order valence-corrected chi connectivity index (χ2v) is 4.22. The van der Waals surface area contributed by atoms with Crippen molar-refractivity contribution in [1.82, 2.24) is 10.3 Å². The predicted molar refractivity (Wildman–Crippen MR) is 51.7 cm³/mol. The number of pyridine rings is 1. The van der Waals surface area contributed by atoms with Gasteiger partial charge in [-0.2, -0.15) is 0 Å². The number of hydrogen-bond donors (Lipinski definition) is 1. The Morgan fingerprint density at radius 3 is 3.23 bits per heavy atom. The third kappa shape index (κ3) is 0.953. The minimum Gasteiger partial charge on any atom is -0.316 e. The fourth-order valence-electron chi connectivity index (χ4n) is 2.77. The average molecular weight is 174 g/mol. The predicted octanol–water partition coefficient (Wildman–Crippen LogP) is 1.26. The van der Waals surface area contributed by atoms with Crippen LogP contribution in [0.2, 0.25) is 0 Å². The van der Waals surface area contributed by atoms with Crippen molar-refractivity contribution in [2.24, 2.45) is 0 Å². The lowest BCUT2D eigenvalue weighted by Gasteiger charge is -2.21. The summed E-state index contributed by atoms with van der Waals surface area (Å²) in [5.74, 6) is 0. The molecule has 2 aliphatic rings. The molecule has 0 amide bonds. The molecule has 68 valence electrons. The Morgan fingerprint density at radius 2 is 2.38 bits per heavy atom. The summed E-state index contributed by atoms with van der Waals surface area (Å²) in [5, 5.41) is 3.46. The maximum absolute atomic E-state index is 4.55. The third-order valence-electron chi connectivity index (χ3n) is 3.51. The second kappa shape index (κ2) is 2.55. The number of nitrogens with zero attached hydrogens (tertiary/aromatic N) is 1. The molecule has 0 aromatic carbocycles. The van der Waals surface area contributed by atoms with Gasteiger partial charge in [-0.3, -0.25) is 4.98 Å². The van der Waals surface area contributed by atoms with E-state index in [9.17, 15) is 0 Å². The largest absolute Gasteiger partial charge is 0.316 e. The number of aromatic nitrogens is 1. The molecule has 1 unspecified atom stereocenters. The molecule has 13 heavy (non-hydrogen) atoms. The molecule has 1 atom stereocenters. The van der Waals surface area contributed by atoms with Crippen LogP contribution in [0.25, 0.3) is 0 Å². The van der Waals surface area contributed by atoms with Gasteiger partial charge in [-0.1, -0.05) is 6.07 Å². The van der Waals surface area contributed by atoms with Gasteiger partial charge in [0.1, 0.15) is 0 Å². The summed E-state index contributed by atoms with van der Waals surface area (Å²) in [4.78, 5) is 4.55. The van der Waals surface area contributed by atoms with Gasteiger partial charge >= 0.3 is 0 Å². The Labute approximate surface area is 78.4 Å². The number of rotatable bonds is 0. The van der Waals surface area contributed by atoms with E-state index >= 15 is 0 Å². The maximum atomic E-state index is 4.55. The first-order chi connectivity index (χ1) is 6.41. The van der Waals surface area contributed by atoms with Crippen LogP contribution >= 0.6 is 0 Å². The minimum atomic E-state index is 0.399. The van der Waals surface area contributed by atoms with Crippen molar-refractivity contribution in [2.75, 3.05) is 13.1 Å². The van der Waals surface area contributed by atoms with E-state index in [1.807, 2.05) is 6.20 Å². The summed E-state index contributed by atoms with van der Waals surface area (Å²) in [6.45, 7) is 2.30. The highest BCUT2D eigenvalue weighted by Crippen LogP contribution is 2.41. The van der Waals surface area contributed by atoms with Gasteiger partial charge in [0, 0.05) is 18.2 Å². The summed E-state index contributed by atoms with van der Waals surface area (Å²) >= 11 is 0. The van der Waals surface area contributed by atoms with Gasteiger partial charge in [-0.05, 0) is 37.4 Å². The minimum absolute atomic E-state index is 0.399. The molecule has 1 aliphatic heterocycles. The molecular formula is C11H14N2. The lowest BCUT2D eigenvalue weighted by Crippen LogP contribution is -2.26. The van der Waals surface area contributed by atoms with Crippen LogP contribution in [-0.4, -0.2) is 18.1 Å². The molecule has 1 aromatic rings. The van der Waals surface area contributed by atoms with Crippen molar-refractivity contribution in [3.8, 4) is 0 Å². The quantitative estimate of drug-likeness (QED) is 0.640. The van der Waals surface area contributed by atoms with Crippen molar-refractivity contribution >= 4 is 0 Å². The highest BCUT2D eigenvalue weighted by molar-refractivity contribution is 5.35. The van der Waals surface area contributed by atoms with Crippen LogP contribution in [0.1, 0.15) is 24.1 Å². The Hall–Kier alpha value is -0.890. The van der Waals surface area contributed by atoms with E-state index in [4.69, 9.17) is 0 Å². The van der Waals surface area contributed by atoms with Gasteiger partial charge in [-0.25, -0.2) is 0 Å². The summed E-state index contributed by atoms with van der Waals surface area (Å²) in [7, 11) is 0. The normalized spacial score (nSPS) is 31.1. The van der Waals surface area contributed by atoms with Crippen molar-refractivity contribution in [3.05, 3.63) is 29.6 Å². The molecule has 1 N–H and O–H groups in total. The van der Waals surface area contributed by atoms with E-state index in [0.717, 1.165) is 13.1 Å². The third-order valence-corrected chi connectivity index (χ3v) is 3.51. The molecule has 0 saturated carbocycles. The Bertz CT molecular complexity index is 327. The molecule has 2 heterocycles. The van der Waals surface area contributed by atoms with Gasteiger partial charge in [-0.15, -0.1) is 0 Å². The zero-order valence-corrected chi connectivity index (χ0v) is 7.71. The fourth-order valence-corrected chi connectivity index (χ4v) is 2.77. The van der Waals surface area contributed by atoms with Gasteiger partial charge in [0.15, 0.2) is 0 Å². The van der Waals surface area contributed by atoms with Gasteiger partial charge in [0.2, 0.25) is 0 Å². The van der Waals surface area contributed by atoms with Crippen LogP contribution in [0.5, 0.6) is 0 Å². The Balaban J connectivity index is 2.11. The summed E-state index contributed by atoms with van der Waals surface area (Å²) in [6.07, 6.45) is 5.73. The van der Waals surface area contributed by atoms with Gasteiger partial charge in [0.05, 0.1) is 5.69 Å². The average Bonchev–Trinajstić information content (AvgIpc) is 2.78. The monoisotopic (exact) mass is 174 g/mol. The summed E-state index contributed by atoms with van der Waals surface area (Å²) < 4.78 is 0. The van der Waals surface area contributed by atoms with Crippen LogP contribution in [0.3, 0.4) is 0 Å². The van der Waals surface area contributed by atoms with E-state index in [-0.39, 0.29) is 0 Å². The zero-order chi connectivity index (χ0) is 8.73. The van der Waals surface area contributed by atoms with Crippen molar-refractivity contribution in [2.45, 2.75) is 24.7 Å². The molecule has 2 heteroatoms. The Kier molecular flexibility index (Phi) is 1.47. The fraction of sp³-hybridized carbons (Fsp3) is 0.545. The summed E-state index contributed by atoms with van der Waals surface area (Å²) in [6, 6.07) is 4.29. The van der Waals surface area contributed by atoms with Crippen molar-refractivity contribution < 1.29 is 0 Å². The van der Waals surface area contributed by atoms with Gasteiger partial charge < -0.3 is 5.32 Å². The topological polar surface area (TPSA) is 24.9 Å². The zero-order valence-electron chi connectivity index (χ0n) is 7.71. The highest BCUT2D eigenvalue weighted by Gasteiger charge is 2.41. The van der Waals surface area contributed by atoms with Gasteiger partial charge in [0.25, 0.3) is 0 Å². The molecule has 1 aliphatic carbocycles. The molecular weight excluding hydrogens is 160 g/mol. The van der Waals surface area contributed by atoms with Crippen LogP contribution in [0.15, 0.2) is 18.3 Å². The molecule has 1 aromatic heterocycles. The van der Waals surface area contributed by atoms with E-state index in [0.29, 0.717) is 5.41 Å². The van der Waals surface area contributed by atoms with E-state index in [1.165, 1.54) is 30.5 Å². The smallest absolute Gasteiger partial charge is 0.0510 e. The number of aryl methyl sites for hydroxylation is 1. The molecule has 1 saturated heterocycles. The maximum Gasteiger partial charge on any atom is 0.0510 e. The molecule has 1 spiro atoms. The first-order valence-electron chi connectivity index (χ1n) is 5.06. The SMILES string of the molecule is c1cnc2c(c1)CCC21CCNC1. The lowest BCUT2D eigenvalue weighted by atomic mass is 9.84. The number of hydrogen-bond acceptors (Lipinski definition) is 2. The van der Waals surface area contributed by atoms with Crippen molar-refractivity contribution in [1.29, 1.82) is 0 Å². The van der Waals surface area contributed by atoms with E-state index in [2.05, 4.69) is 22.4 Å². The summed E-state index contributed by atoms with van der Waals surface area (Å²) in [5.41, 5.74) is 3.25. The van der Waals surface area contributed by atoms with Crippen molar-refractivity contribution in [3.63, 3.8) is 0 Å². The molecule has 3 rings (SSSR count). The highest BCUT2D eigenvalue weighted by atomic mass is 14.9. The number of fused-ring (bicyclic) bond motifs is 2. The molecule has 0 bridgehead atoms. The first-order valence-corrected chi connectivity index (χ1v) is 5.06. The van der Waals surface area contributed by atoms with E-state index in [1.54, 1.807) is 0 Å². The lowest BCUT2D eigenvalue weighted by molar-refractivity contribution is 0.457.